The summed E-state index contributed by atoms with van der Waals surface area (Å²) in [6.07, 6.45) is 2.49. The van der Waals surface area contributed by atoms with E-state index in [0.717, 1.165) is 13.1 Å². The molecule has 1 heterocycles. The van der Waals surface area contributed by atoms with Crippen LogP contribution in [0, 0.1) is 5.92 Å². The summed E-state index contributed by atoms with van der Waals surface area (Å²) in [5.74, 6) is -0.0716. The van der Waals surface area contributed by atoms with Crippen molar-refractivity contribution in [3.8, 4) is 0 Å². The molecule has 0 bridgehead atoms. The van der Waals surface area contributed by atoms with Crippen molar-refractivity contribution in [2.75, 3.05) is 26.2 Å². The van der Waals surface area contributed by atoms with E-state index in [9.17, 15) is 4.79 Å². The second-order valence-corrected chi connectivity index (χ2v) is 5.55. The Hall–Kier alpha value is -0.810. The Kier molecular flexibility index (Phi) is 10.4. The van der Waals surface area contributed by atoms with E-state index >= 15 is 0 Å². The predicted octanol–water partition coefficient (Wildman–Crippen LogP) is 2.38. The molecule has 1 aliphatic rings. The minimum absolute atomic E-state index is 0. The SMILES string of the molecule is CC(CN)C(=O)NCC(c1ccccc1)N1CCCC1.Cl.Cl. The fraction of sp³-hybridized carbons (Fsp3) is 0.562. The Labute approximate surface area is 145 Å². The van der Waals surface area contributed by atoms with Gasteiger partial charge in [-0.3, -0.25) is 9.69 Å². The maximum Gasteiger partial charge on any atom is 0.224 e. The van der Waals surface area contributed by atoms with E-state index in [0.29, 0.717) is 13.1 Å². The van der Waals surface area contributed by atoms with Gasteiger partial charge in [0.05, 0.1) is 6.04 Å². The fourth-order valence-corrected chi connectivity index (χ4v) is 2.66. The third-order valence-electron chi connectivity index (χ3n) is 4.04. The van der Waals surface area contributed by atoms with E-state index in [1.807, 2.05) is 13.0 Å². The number of carbonyl (C=O) groups excluding carboxylic acids is 1. The molecule has 1 fully saturated rings. The minimum atomic E-state index is -0.120. The molecule has 0 aromatic heterocycles. The number of nitrogens with two attached hydrogens (primary N) is 1. The molecule has 1 saturated heterocycles. The summed E-state index contributed by atoms with van der Waals surface area (Å²) in [7, 11) is 0. The van der Waals surface area contributed by atoms with Gasteiger partial charge in [-0.25, -0.2) is 0 Å². The highest BCUT2D eigenvalue weighted by Gasteiger charge is 2.24. The zero-order valence-corrected chi connectivity index (χ0v) is 14.7. The van der Waals surface area contributed by atoms with E-state index < -0.39 is 0 Å². The van der Waals surface area contributed by atoms with Crippen molar-refractivity contribution in [3.63, 3.8) is 0 Å². The van der Waals surface area contributed by atoms with Crippen LogP contribution in [0.5, 0.6) is 0 Å². The molecule has 1 aromatic rings. The minimum Gasteiger partial charge on any atom is -0.354 e. The topological polar surface area (TPSA) is 58.4 Å². The Morgan fingerprint density at radius 2 is 1.82 bits per heavy atom. The second-order valence-electron chi connectivity index (χ2n) is 5.55. The molecule has 2 rings (SSSR count). The van der Waals surface area contributed by atoms with Gasteiger partial charge in [0.25, 0.3) is 0 Å². The molecule has 4 nitrogen and oxygen atoms in total. The van der Waals surface area contributed by atoms with Gasteiger partial charge in [-0.1, -0.05) is 37.3 Å². The van der Waals surface area contributed by atoms with Gasteiger partial charge in [0.2, 0.25) is 5.91 Å². The highest BCUT2D eigenvalue weighted by molar-refractivity contribution is 5.85. The number of nitrogens with one attached hydrogen (secondary N) is 1. The standard InChI is InChI=1S/C16H25N3O.2ClH/c1-13(11-17)16(20)18-12-15(19-9-5-6-10-19)14-7-3-2-4-8-14;;/h2-4,7-8,13,15H,5-6,9-12,17H2,1H3,(H,18,20);2*1H. The quantitative estimate of drug-likeness (QED) is 0.830. The number of halogens is 2. The van der Waals surface area contributed by atoms with Crippen molar-refractivity contribution in [3.05, 3.63) is 35.9 Å². The van der Waals surface area contributed by atoms with Crippen molar-refractivity contribution in [2.45, 2.75) is 25.8 Å². The summed E-state index contributed by atoms with van der Waals surface area (Å²) in [5, 5.41) is 3.05. The number of nitrogens with zero attached hydrogens (tertiary/aromatic N) is 1. The molecule has 0 aliphatic carbocycles. The van der Waals surface area contributed by atoms with E-state index in [4.69, 9.17) is 5.73 Å². The van der Waals surface area contributed by atoms with Crippen LogP contribution in [-0.2, 0) is 4.79 Å². The van der Waals surface area contributed by atoms with Crippen LogP contribution < -0.4 is 11.1 Å². The lowest BCUT2D eigenvalue weighted by molar-refractivity contribution is -0.124. The molecule has 3 N–H and O–H groups in total. The zero-order valence-electron chi connectivity index (χ0n) is 13.0. The summed E-state index contributed by atoms with van der Waals surface area (Å²) in [6, 6.07) is 10.7. The molecule has 1 aliphatic heterocycles. The highest BCUT2D eigenvalue weighted by atomic mass is 35.5. The monoisotopic (exact) mass is 347 g/mol. The molecule has 1 amide bonds. The first-order chi connectivity index (χ1) is 9.72. The van der Waals surface area contributed by atoms with E-state index in [1.54, 1.807) is 0 Å². The average molecular weight is 348 g/mol. The van der Waals surface area contributed by atoms with Gasteiger partial charge >= 0.3 is 0 Å². The predicted molar refractivity (Wildman–Crippen MR) is 95.7 cm³/mol. The van der Waals surface area contributed by atoms with Crippen LogP contribution >= 0.6 is 24.8 Å². The lowest BCUT2D eigenvalue weighted by Gasteiger charge is -2.28. The average Bonchev–Trinajstić information content (AvgIpc) is 3.01. The van der Waals surface area contributed by atoms with Gasteiger partial charge in [0.1, 0.15) is 0 Å². The van der Waals surface area contributed by atoms with Crippen LogP contribution in [0.25, 0.3) is 0 Å². The number of carbonyl (C=O) groups is 1. The van der Waals surface area contributed by atoms with Crippen molar-refractivity contribution in [1.82, 2.24) is 10.2 Å². The molecule has 6 heteroatoms. The van der Waals surface area contributed by atoms with E-state index in [2.05, 4.69) is 34.5 Å². The first-order valence-corrected chi connectivity index (χ1v) is 7.49. The Morgan fingerprint density at radius 1 is 1.23 bits per heavy atom. The number of benzene rings is 1. The lowest BCUT2D eigenvalue weighted by atomic mass is 10.0. The van der Waals surface area contributed by atoms with Gasteiger partial charge in [-0.05, 0) is 31.5 Å². The maximum atomic E-state index is 11.9. The van der Waals surface area contributed by atoms with E-state index in [1.165, 1.54) is 18.4 Å². The van der Waals surface area contributed by atoms with Crippen LogP contribution in [0.3, 0.4) is 0 Å². The molecule has 1 aromatic carbocycles. The highest BCUT2D eigenvalue weighted by Crippen LogP contribution is 2.24. The van der Waals surface area contributed by atoms with Crippen LogP contribution in [0.2, 0.25) is 0 Å². The second kappa shape index (κ2) is 10.8. The number of rotatable bonds is 6. The lowest BCUT2D eigenvalue weighted by Crippen LogP contribution is -2.40. The number of hydrogen-bond acceptors (Lipinski definition) is 3. The van der Waals surface area contributed by atoms with Gasteiger partial charge in [0, 0.05) is 19.0 Å². The van der Waals surface area contributed by atoms with Gasteiger partial charge in [0.15, 0.2) is 0 Å². The fourth-order valence-electron chi connectivity index (χ4n) is 2.66. The molecule has 2 atom stereocenters. The summed E-state index contributed by atoms with van der Waals surface area (Å²) in [4.78, 5) is 14.4. The van der Waals surface area contributed by atoms with Gasteiger partial charge in [-0.15, -0.1) is 24.8 Å². The maximum absolute atomic E-state index is 11.9. The van der Waals surface area contributed by atoms with Crippen LogP contribution in [-0.4, -0.2) is 37.0 Å². The summed E-state index contributed by atoms with van der Waals surface area (Å²) in [5.41, 5.74) is 6.81. The molecular formula is C16H27Cl2N3O. The first kappa shape index (κ1) is 21.2. The molecule has 126 valence electrons. The van der Waals surface area contributed by atoms with Crippen LogP contribution in [0.1, 0.15) is 31.4 Å². The Bertz CT molecular complexity index is 425. The smallest absolute Gasteiger partial charge is 0.224 e. The number of amides is 1. The summed E-state index contributed by atoms with van der Waals surface area (Å²) < 4.78 is 0. The van der Waals surface area contributed by atoms with Crippen molar-refractivity contribution in [1.29, 1.82) is 0 Å². The van der Waals surface area contributed by atoms with Gasteiger partial charge in [-0.2, -0.15) is 0 Å². The molecule has 0 spiro atoms. The molecule has 22 heavy (non-hydrogen) atoms. The van der Waals surface area contributed by atoms with Gasteiger partial charge < -0.3 is 11.1 Å². The number of likely N-dealkylation sites (tertiary alicyclic amines) is 1. The largest absolute Gasteiger partial charge is 0.354 e. The first-order valence-electron chi connectivity index (χ1n) is 7.49. The molecule has 0 saturated carbocycles. The molecular weight excluding hydrogens is 321 g/mol. The molecule has 0 radical (unpaired) electrons. The molecule has 2 unspecified atom stereocenters. The summed E-state index contributed by atoms with van der Waals surface area (Å²) >= 11 is 0. The van der Waals surface area contributed by atoms with Crippen molar-refractivity contribution < 1.29 is 4.79 Å². The Morgan fingerprint density at radius 3 is 2.36 bits per heavy atom. The third kappa shape index (κ3) is 5.76. The van der Waals surface area contributed by atoms with Crippen molar-refractivity contribution >= 4 is 30.7 Å². The van der Waals surface area contributed by atoms with Crippen LogP contribution in [0.15, 0.2) is 30.3 Å². The third-order valence-corrected chi connectivity index (χ3v) is 4.04. The van der Waals surface area contributed by atoms with Crippen LogP contribution in [0.4, 0.5) is 0 Å². The zero-order chi connectivity index (χ0) is 14.4. The van der Waals surface area contributed by atoms with E-state index in [-0.39, 0.29) is 42.7 Å². The Balaban J connectivity index is 0.00000220. The van der Waals surface area contributed by atoms with Crippen molar-refractivity contribution in [2.24, 2.45) is 11.7 Å². The normalized spacial score (nSPS) is 17.0. The number of hydrogen-bond donors (Lipinski definition) is 2. The summed E-state index contributed by atoms with van der Waals surface area (Å²) in [6.45, 7) is 5.14.